The van der Waals surface area contributed by atoms with Gasteiger partial charge in [0.1, 0.15) is 16.6 Å². The van der Waals surface area contributed by atoms with E-state index in [2.05, 4.69) is 0 Å². The van der Waals surface area contributed by atoms with Crippen molar-refractivity contribution in [3.63, 3.8) is 0 Å². The Morgan fingerprint density at radius 2 is 1.94 bits per heavy atom. The number of benzene rings is 1. The molecule has 0 spiro atoms. The van der Waals surface area contributed by atoms with E-state index in [0.29, 0.717) is 5.56 Å². The molecule has 1 aliphatic rings. The summed E-state index contributed by atoms with van der Waals surface area (Å²) < 4.78 is 35.8. The SMILES string of the molecule is CS(=O)(=O)[C@@H]1[C@@H](c2ccc(F)cc2)[C@@]1(N)C#N. The third-order valence-electron chi connectivity index (χ3n) is 3.06. The maximum absolute atomic E-state index is 12.8. The minimum absolute atomic E-state index is 0.412. The number of nitriles is 1. The van der Waals surface area contributed by atoms with Crippen molar-refractivity contribution < 1.29 is 12.8 Å². The molecule has 0 aromatic heterocycles. The average molecular weight is 254 g/mol. The van der Waals surface area contributed by atoms with Gasteiger partial charge in [0.05, 0.1) is 6.07 Å². The Bertz CT molecular complexity index is 591. The van der Waals surface area contributed by atoms with Crippen molar-refractivity contribution in [2.75, 3.05) is 6.26 Å². The van der Waals surface area contributed by atoms with E-state index in [-0.39, 0.29) is 0 Å². The summed E-state index contributed by atoms with van der Waals surface area (Å²) in [6.45, 7) is 0. The van der Waals surface area contributed by atoms with Gasteiger partial charge in [-0.3, -0.25) is 0 Å². The van der Waals surface area contributed by atoms with Crippen LogP contribution in [0.15, 0.2) is 24.3 Å². The Labute approximate surface area is 98.8 Å². The maximum atomic E-state index is 12.8. The second-order valence-electron chi connectivity index (χ2n) is 4.32. The van der Waals surface area contributed by atoms with Crippen molar-refractivity contribution in [1.29, 1.82) is 5.26 Å². The first-order chi connectivity index (χ1) is 7.80. The second kappa shape index (κ2) is 3.52. The summed E-state index contributed by atoms with van der Waals surface area (Å²) in [5.74, 6) is -0.993. The largest absolute Gasteiger partial charge is 0.312 e. The van der Waals surface area contributed by atoms with E-state index in [1.165, 1.54) is 24.3 Å². The van der Waals surface area contributed by atoms with Crippen LogP contribution in [0.1, 0.15) is 11.5 Å². The van der Waals surface area contributed by atoms with E-state index < -0.39 is 32.4 Å². The first-order valence-electron chi connectivity index (χ1n) is 4.95. The van der Waals surface area contributed by atoms with Crippen molar-refractivity contribution >= 4 is 9.84 Å². The van der Waals surface area contributed by atoms with Crippen LogP contribution in [-0.4, -0.2) is 25.5 Å². The molecule has 90 valence electrons. The number of nitrogens with zero attached hydrogens (tertiary/aromatic N) is 1. The van der Waals surface area contributed by atoms with Gasteiger partial charge >= 0.3 is 0 Å². The summed E-state index contributed by atoms with van der Waals surface area (Å²) >= 11 is 0. The summed E-state index contributed by atoms with van der Waals surface area (Å²) in [6.07, 6.45) is 1.06. The summed E-state index contributed by atoms with van der Waals surface area (Å²) in [7, 11) is -3.40. The summed E-state index contributed by atoms with van der Waals surface area (Å²) in [6, 6.07) is 7.22. The molecule has 17 heavy (non-hydrogen) atoms. The monoisotopic (exact) mass is 254 g/mol. The topological polar surface area (TPSA) is 83.9 Å². The van der Waals surface area contributed by atoms with Gasteiger partial charge in [-0.15, -0.1) is 0 Å². The Hall–Kier alpha value is -1.45. The Morgan fingerprint density at radius 3 is 2.29 bits per heavy atom. The van der Waals surface area contributed by atoms with Gasteiger partial charge in [-0.1, -0.05) is 12.1 Å². The predicted molar refractivity (Wildman–Crippen MR) is 60.3 cm³/mol. The summed E-state index contributed by atoms with van der Waals surface area (Å²) in [4.78, 5) is 0. The smallest absolute Gasteiger partial charge is 0.153 e. The molecule has 0 bridgehead atoms. The quantitative estimate of drug-likeness (QED) is 0.835. The highest BCUT2D eigenvalue weighted by atomic mass is 32.2. The molecule has 0 amide bonds. The fraction of sp³-hybridized carbons (Fsp3) is 0.364. The molecule has 6 heteroatoms. The highest BCUT2D eigenvalue weighted by molar-refractivity contribution is 7.91. The third-order valence-corrected chi connectivity index (χ3v) is 4.65. The number of halogens is 1. The average Bonchev–Trinajstić information content (AvgIpc) is 2.87. The number of sulfone groups is 1. The molecule has 2 rings (SSSR count). The molecule has 1 aromatic carbocycles. The highest BCUT2D eigenvalue weighted by Crippen LogP contribution is 2.53. The predicted octanol–water partition coefficient (Wildman–Crippen LogP) is 0.557. The first kappa shape index (κ1) is 12.0. The molecule has 0 unspecified atom stereocenters. The lowest BCUT2D eigenvalue weighted by Crippen LogP contribution is -2.28. The van der Waals surface area contributed by atoms with Crippen LogP contribution in [0.2, 0.25) is 0 Å². The van der Waals surface area contributed by atoms with Crippen LogP contribution in [0.25, 0.3) is 0 Å². The molecule has 0 radical (unpaired) electrons. The van der Waals surface area contributed by atoms with E-state index in [4.69, 9.17) is 11.0 Å². The zero-order valence-electron chi connectivity index (χ0n) is 9.09. The molecule has 1 saturated carbocycles. The zero-order chi connectivity index (χ0) is 12.8. The summed E-state index contributed by atoms with van der Waals surface area (Å²) in [5, 5.41) is 8.06. The molecule has 4 nitrogen and oxygen atoms in total. The van der Waals surface area contributed by atoms with Crippen LogP contribution in [-0.2, 0) is 9.84 Å². The van der Waals surface area contributed by atoms with Crippen molar-refractivity contribution in [2.24, 2.45) is 5.73 Å². The fourth-order valence-electron chi connectivity index (χ4n) is 2.23. The van der Waals surface area contributed by atoms with E-state index in [1.807, 2.05) is 6.07 Å². The minimum Gasteiger partial charge on any atom is -0.312 e. The van der Waals surface area contributed by atoms with Gasteiger partial charge in [0, 0.05) is 12.2 Å². The van der Waals surface area contributed by atoms with Crippen LogP contribution in [0.4, 0.5) is 4.39 Å². The Balaban J connectivity index is 2.42. The molecular formula is C11H11FN2O2S. The molecule has 1 fully saturated rings. The van der Waals surface area contributed by atoms with Crippen molar-refractivity contribution in [3.05, 3.63) is 35.6 Å². The van der Waals surface area contributed by atoms with E-state index >= 15 is 0 Å². The third kappa shape index (κ3) is 1.81. The number of rotatable bonds is 2. The van der Waals surface area contributed by atoms with E-state index in [9.17, 15) is 12.8 Å². The number of nitrogens with two attached hydrogens (primary N) is 1. The number of hydrogen-bond donors (Lipinski definition) is 1. The van der Waals surface area contributed by atoms with Gasteiger partial charge in [0.15, 0.2) is 9.84 Å². The summed E-state index contributed by atoms with van der Waals surface area (Å²) in [5.41, 5.74) is 4.93. The lowest BCUT2D eigenvalue weighted by molar-refractivity contribution is 0.597. The van der Waals surface area contributed by atoms with Crippen LogP contribution >= 0.6 is 0 Å². The maximum Gasteiger partial charge on any atom is 0.153 e. The van der Waals surface area contributed by atoms with Crippen LogP contribution in [0.3, 0.4) is 0 Å². The molecule has 0 saturated heterocycles. The minimum atomic E-state index is -3.40. The van der Waals surface area contributed by atoms with Gasteiger partial charge in [-0.05, 0) is 17.7 Å². The first-order valence-corrected chi connectivity index (χ1v) is 6.90. The van der Waals surface area contributed by atoms with Gasteiger partial charge in [-0.25, -0.2) is 12.8 Å². The zero-order valence-corrected chi connectivity index (χ0v) is 9.91. The van der Waals surface area contributed by atoms with Crippen LogP contribution in [0.5, 0.6) is 0 Å². The normalized spacial score (nSPS) is 31.9. The lowest BCUT2D eigenvalue weighted by atomic mass is 10.1. The van der Waals surface area contributed by atoms with Crippen molar-refractivity contribution in [2.45, 2.75) is 16.7 Å². The standard InChI is InChI=1S/C11H11FN2O2S/c1-17(15,16)10-9(11(10,14)6-13)7-2-4-8(12)5-3-7/h2-5,9-10H,14H2,1H3/t9-,10-,11+/m1/s1. The molecule has 1 aliphatic carbocycles. The highest BCUT2D eigenvalue weighted by Gasteiger charge is 2.69. The van der Waals surface area contributed by atoms with Crippen LogP contribution in [0, 0.1) is 17.1 Å². The molecular weight excluding hydrogens is 243 g/mol. The van der Waals surface area contributed by atoms with E-state index in [0.717, 1.165) is 6.26 Å². The fourth-order valence-corrected chi connectivity index (χ4v) is 3.94. The lowest BCUT2D eigenvalue weighted by Gasteiger charge is -2.00. The molecule has 2 N–H and O–H groups in total. The van der Waals surface area contributed by atoms with E-state index in [1.54, 1.807) is 0 Å². The van der Waals surface area contributed by atoms with Gasteiger partial charge in [0.2, 0.25) is 0 Å². The van der Waals surface area contributed by atoms with Crippen molar-refractivity contribution in [1.82, 2.24) is 0 Å². The second-order valence-corrected chi connectivity index (χ2v) is 6.49. The molecule has 0 aliphatic heterocycles. The van der Waals surface area contributed by atoms with Gasteiger partial charge < -0.3 is 5.73 Å². The Morgan fingerprint density at radius 1 is 1.41 bits per heavy atom. The van der Waals surface area contributed by atoms with Gasteiger partial charge in [0.25, 0.3) is 0 Å². The molecule has 0 heterocycles. The van der Waals surface area contributed by atoms with Crippen LogP contribution < -0.4 is 5.73 Å². The van der Waals surface area contributed by atoms with Crippen molar-refractivity contribution in [3.8, 4) is 6.07 Å². The number of hydrogen-bond acceptors (Lipinski definition) is 4. The van der Waals surface area contributed by atoms with Gasteiger partial charge in [-0.2, -0.15) is 5.26 Å². The molecule has 3 atom stereocenters. The molecule has 1 aromatic rings. The Kier molecular flexibility index (Phi) is 2.49.